The van der Waals surface area contributed by atoms with Crippen LogP contribution in [-0.2, 0) is 0 Å². The van der Waals surface area contributed by atoms with E-state index in [-0.39, 0.29) is 0 Å². The third-order valence-electron chi connectivity index (χ3n) is 1.40. The van der Waals surface area contributed by atoms with E-state index in [1.165, 1.54) is 0 Å². The average Bonchev–Trinajstić information content (AvgIpc) is 2.32. The number of halogens is 1. The molecule has 0 bridgehead atoms. The highest BCUT2D eigenvalue weighted by molar-refractivity contribution is 6.30. The molecular weight excluding hydrogens is 240 g/mol. The second-order valence-electron chi connectivity index (χ2n) is 2.73. The van der Waals surface area contributed by atoms with Crippen LogP contribution in [0, 0.1) is 0 Å². The highest BCUT2D eigenvalue weighted by Gasteiger charge is 1.75. The Hall–Kier alpha value is -2.00. The van der Waals surface area contributed by atoms with Crippen LogP contribution in [0.3, 0.4) is 0 Å². The van der Waals surface area contributed by atoms with Crippen LogP contribution in [0.25, 0.3) is 0 Å². The van der Waals surface area contributed by atoms with Gasteiger partial charge in [-0.1, -0.05) is 66.2 Å². The number of carbonyl (C=O) groups is 1. The zero-order valence-corrected chi connectivity index (χ0v) is 9.79. The lowest BCUT2D eigenvalue weighted by atomic mass is 10.4. The van der Waals surface area contributed by atoms with Crippen molar-refractivity contribution in [2.45, 2.75) is 0 Å². The van der Waals surface area contributed by atoms with Crippen molar-refractivity contribution >= 4 is 17.8 Å². The van der Waals surface area contributed by atoms with Gasteiger partial charge in [-0.25, -0.2) is 4.79 Å². The van der Waals surface area contributed by atoms with E-state index in [1.807, 2.05) is 66.7 Å². The molecule has 0 spiro atoms. The van der Waals surface area contributed by atoms with Gasteiger partial charge < -0.3 is 10.2 Å². The standard InChI is InChI=1S/C6H5Cl.C6H6.CH2O3/c7-6-4-2-1-3-5-6;1-2-4-6-5-3-1;2-1(3)4/h1-5H;1-6H;(H2,2,3,4). The predicted molar refractivity (Wildman–Crippen MR) is 68.5 cm³/mol. The zero-order valence-electron chi connectivity index (χ0n) is 9.03. The van der Waals surface area contributed by atoms with Gasteiger partial charge in [0.15, 0.2) is 0 Å². The molecule has 17 heavy (non-hydrogen) atoms. The third kappa shape index (κ3) is 14.0. The summed E-state index contributed by atoms with van der Waals surface area (Å²) in [6.45, 7) is 0. The number of hydrogen-bond donors (Lipinski definition) is 2. The number of rotatable bonds is 0. The summed E-state index contributed by atoms with van der Waals surface area (Å²) in [5, 5.41) is 14.7. The topological polar surface area (TPSA) is 57.5 Å². The summed E-state index contributed by atoms with van der Waals surface area (Å²) in [7, 11) is 0. The molecule has 4 heteroatoms. The maximum absolute atomic E-state index is 8.56. The third-order valence-corrected chi connectivity index (χ3v) is 1.65. The minimum atomic E-state index is -1.83. The molecule has 0 aromatic heterocycles. The number of hydrogen-bond acceptors (Lipinski definition) is 1. The van der Waals surface area contributed by atoms with E-state index in [0.717, 1.165) is 5.02 Å². The Bertz CT molecular complexity index is 359. The van der Waals surface area contributed by atoms with Gasteiger partial charge in [0.1, 0.15) is 0 Å². The second-order valence-corrected chi connectivity index (χ2v) is 3.17. The zero-order chi connectivity index (χ0) is 12.9. The molecule has 0 fully saturated rings. The maximum Gasteiger partial charge on any atom is 0.503 e. The van der Waals surface area contributed by atoms with Crippen molar-refractivity contribution in [2.75, 3.05) is 0 Å². The SMILES string of the molecule is Clc1ccccc1.O=C(O)O.c1ccccc1. The van der Waals surface area contributed by atoms with E-state index in [0.29, 0.717) is 0 Å². The summed E-state index contributed by atoms with van der Waals surface area (Å²) >= 11 is 5.54. The molecule has 0 aliphatic rings. The Labute approximate surface area is 105 Å². The molecule has 3 nitrogen and oxygen atoms in total. The van der Waals surface area contributed by atoms with Gasteiger partial charge >= 0.3 is 6.16 Å². The summed E-state index contributed by atoms with van der Waals surface area (Å²) in [5.74, 6) is 0. The molecule has 0 amide bonds. The summed E-state index contributed by atoms with van der Waals surface area (Å²) in [6.07, 6.45) is -1.83. The monoisotopic (exact) mass is 252 g/mol. The maximum atomic E-state index is 8.56. The van der Waals surface area contributed by atoms with E-state index in [4.69, 9.17) is 26.6 Å². The van der Waals surface area contributed by atoms with Gasteiger partial charge in [-0.05, 0) is 12.1 Å². The van der Waals surface area contributed by atoms with Gasteiger partial charge in [-0.3, -0.25) is 0 Å². The molecule has 0 aliphatic heterocycles. The van der Waals surface area contributed by atoms with E-state index in [9.17, 15) is 0 Å². The van der Waals surface area contributed by atoms with Crippen LogP contribution in [-0.4, -0.2) is 16.4 Å². The molecule has 2 aromatic carbocycles. The number of carboxylic acid groups (broad SMARTS) is 2. The van der Waals surface area contributed by atoms with Crippen molar-refractivity contribution in [1.29, 1.82) is 0 Å². The van der Waals surface area contributed by atoms with Crippen molar-refractivity contribution in [3.63, 3.8) is 0 Å². The van der Waals surface area contributed by atoms with Crippen molar-refractivity contribution < 1.29 is 15.0 Å². The molecule has 0 heterocycles. The Balaban J connectivity index is 0.000000236. The van der Waals surface area contributed by atoms with Gasteiger partial charge in [0, 0.05) is 5.02 Å². The minimum Gasteiger partial charge on any atom is -0.450 e. The molecular formula is C13H13ClO3. The van der Waals surface area contributed by atoms with Gasteiger partial charge in [0.25, 0.3) is 0 Å². The summed E-state index contributed by atoms with van der Waals surface area (Å²) < 4.78 is 0. The normalized spacial score (nSPS) is 7.82. The highest BCUT2D eigenvalue weighted by Crippen LogP contribution is 2.03. The van der Waals surface area contributed by atoms with Crippen LogP contribution in [0.5, 0.6) is 0 Å². The Kier molecular flexibility index (Phi) is 9.28. The molecule has 0 saturated carbocycles. The first kappa shape index (κ1) is 15.0. The molecule has 0 aliphatic carbocycles. The second kappa shape index (κ2) is 10.5. The van der Waals surface area contributed by atoms with E-state index < -0.39 is 6.16 Å². The van der Waals surface area contributed by atoms with E-state index in [2.05, 4.69) is 0 Å². The van der Waals surface area contributed by atoms with Crippen molar-refractivity contribution in [2.24, 2.45) is 0 Å². The first-order chi connectivity index (χ1) is 8.13. The molecule has 2 rings (SSSR count). The first-order valence-corrected chi connectivity index (χ1v) is 5.13. The Morgan fingerprint density at radius 1 is 0.765 bits per heavy atom. The van der Waals surface area contributed by atoms with Gasteiger partial charge in [-0.15, -0.1) is 0 Å². The molecule has 2 N–H and O–H groups in total. The van der Waals surface area contributed by atoms with Gasteiger partial charge in [0.2, 0.25) is 0 Å². The minimum absolute atomic E-state index is 0.794. The fourth-order valence-corrected chi connectivity index (χ4v) is 0.945. The van der Waals surface area contributed by atoms with Crippen LogP contribution in [0.4, 0.5) is 4.79 Å². The highest BCUT2D eigenvalue weighted by atomic mass is 35.5. The van der Waals surface area contributed by atoms with Gasteiger partial charge in [0.05, 0.1) is 0 Å². The molecule has 90 valence electrons. The molecule has 0 unspecified atom stereocenters. The average molecular weight is 253 g/mol. The fraction of sp³-hybridized carbons (Fsp3) is 0. The van der Waals surface area contributed by atoms with Crippen molar-refractivity contribution in [3.05, 3.63) is 71.8 Å². The van der Waals surface area contributed by atoms with Crippen LogP contribution in [0.2, 0.25) is 5.02 Å². The van der Waals surface area contributed by atoms with Crippen LogP contribution in [0.1, 0.15) is 0 Å². The van der Waals surface area contributed by atoms with Crippen LogP contribution >= 0.6 is 11.6 Å². The number of benzene rings is 2. The quantitative estimate of drug-likeness (QED) is 0.737. The Morgan fingerprint density at radius 2 is 1.00 bits per heavy atom. The van der Waals surface area contributed by atoms with Crippen LogP contribution < -0.4 is 0 Å². The fourth-order valence-electron chi connectivity index (χ4n) is 0.800. The van der Waals surface area contributed by atoms with Crippen LogP contribution in [0.15, 0.2) is 66.7 Å². The molecule has 0 radical (unpaired) electrons. The summed E-state index contributed by atoms with van der Waals surface area (Å²) in [4.78, 5) is 8.56. The Morgan fingerprint density at radius 3 is 1.18 bits per heavy atom. The smallest absolute Gasteiger partial charge is 0.450 e. The molecule has 0 atom stereocenters. The van der Waals surface area contributed by atoms with Crippen molar-refractivity contribution in [3.8, 4) is 0 Å². The van der Waals surface area contributed by atoms with Gasteiger partial charge in [-0.2, -0.15) is 0 Å². The summed E-state index contributed by atoms with van der Waals surface area (Å²) in [5.41, 5.74) is 0. The largest absolute Gasteiger partial charge is 0.503 e. The lowest BCUT2D eigenvalue weighted by molar-refractivity contribution is 0.137. The van der Waals surface area contributed by atoms with Crippen molar-refractivity contribution in [1.82, 2.24) is 0 Å². The van der Waals surface area contributed by atoms with E-state index in [1.54, 1.807) is 0 Å². The molecule has 2 aromatic rings. The molecule has 0 saturated heterocycles. The lowest BCUT2D eigenvalue weighted by Gasteiger charge is -1.80. The predicted octanol–water partition coefficient (Wildman–Crippen LogP) is 4.25. The lowest BCUT2D eigenvalue weighted by Crippen LogP contribution is -1.81. The van der Waals surface area contributed by atoms with E-state index >= 15 is 0 Å². The first-order valence-electron chi connectivity index (χ1n) is 4.75. The summed E-state index contributed by atoms with van der Waals surface area (Å²) in [6, 6.07) is 21.4.